The molecule has 0 spiro atoms. The molecule has 164 valence electrons. The minimum Gasteiger partial charge on any atom is -0.493 e. The number of benzene rings is 2. The molecule has 0 bridgehead atoms. The molecule has 1 unspecified atom stereocenters. The van der Waals surface area contributed by atoms with Gasteiger partial charge in [-0.05, 0) is 31.2 Å². The number of amides is 1. The van der Waals surface area contributed by atoms with E-state index in [1.54, 1.807) is 12.6 Å². The van der Waals surface area contributed by atoms with Crippen LogP contribution in [0.15, 0.2) is 65.3 Å². The molecule has 32 heavy (non-hydrogen) atoms. The fourth-order valence-corrected chi connectivity index (χ4v) is 4.15. The zero-order valence-corrected chi connectivity index (χ0v) is 19.0. The molecule has 1 N–H and O–H groups in total. The van der Waals surface area contributed by atoms with E-state index in [9.17, 15) is 4.79 Å². The fourth-order valence-electron chi connectivity index (χ4n) is 2.93. The third-order valence-electron chi connectivity index (χ3n) is 4.35. The fraction of sp³-hybridized carbons (Fsp3) is 0.190. The maximum atomic E-state index is 12.3. The summed E-state index contributed by atoms with van der Waals surface area (Å²) in [5.41, 5.74) is 2.43. The Hall–Kier alpha value is -3.44. The molecule has 4 aromatic rings. The van der Waals surface area contributed by atoms with Crippen molar-refractivity contribution in [3.8, 4) is 17.2 Å². The van der Waals surface area contributed by atoms with Gasteiger partial charge in [-0.1, -0.05) is 53.4 Å². The van der Waals surface area contributed by atoms with Gasteiger partial charge in [0.05, 0.1) is 12.9 Å². The lowest BCUT2D eigenvalue weighted by atomic mass is 10.3. The molecular weight excluding hydrogens is 448 g/mol. The van der Waals surface area contributed by atoms with E-state index in [2.05, 4.69) is 25.7 Å². The molecule has 4 rings (SSSR count). The van der Waals surface area contributed by atoms with Gasteiger partial charge in [0.2, 0.25) is 11.0 Å². The van der Waals surface area contributed by atoms with Crippen molar-refractivity contribution >= 4 is 34.1 Å². The SMILES string of the molecule is COc1ccccc1OC(C)c1nnc(SCC(=O)Nc2nncs2)n1-c1ccccc1. The highest BCUT2D eigenvalue weighted by Crippen LogP contribution is 2.32. The number of rotatable bonds is 9. The topological polar surface area (TPSA) is 104 Å². The van der Waals surface area contributed by atoms with Crippen LogP contribution in [0.3, 0.4) is 0 Å². The number of nitrogens with zero attached hydrogens (tertiary/aromatic N) is 5. The molecule has 2 heterocycles. The summed E-state index contributed by atoms with van der Waals surface area (Å²) in [7, 11) is 1.60. The predicted octanol–water partition coefficient (Wildman–Crippen LogP) is 4.00. The van der Waals surface area contributed by atoms with Crippen molar-refractivity contribution in [1.29, 1.82) is 0 Å². The van der Waals surface area contributed by atoms with Crippen LogP contribution in [-0.2, 0) is 4.79 Å². The van der Waals surface area contributed by atoms with Crippen molar-refractivity contribution in [3.05, 3.63) is 65.9 Å². The Morgan fingerprint density at radius 2 is 1.84 bits per heavy atom. The summed E-state index contributed by atoms with van der Waals surface area (Å²) in [6, 6.07) is 17.1. The van der Waals surface area contributed by atoms with Gasteiger partial charge >= 0.3 is 0 Å². The number of ether oxygens (including phenoxy) is 2. The van der Waals surface area contributed by atoms with Gasteiger partial charge in [0, 0.05) is 5.69 Å². The second kappa shape index (κ2) is 10.2. The monoisotopic (exact) mass is 468 g/mol. The summed E-state index contributed by atoms with van der Waals surface area (Å²) in [6.45, 7) is 1.90. The van der Waals surface area contributed by atoms with Crippen LogP contribution in [0.4, 0.5) is 5.13 Å². The minimum atomic E-state index is -0.427. The molecule has 0 saturated heterocycles. The van der Waals surface area contributed by atoms with E-state index >= 15 is 0 Å². The highest BCUT2D eigenvalue weighted by molar-refractivity contribution is 7.99. The predicted molar refractivity (Wildman–Crippen MR) is 123 cm³/mol. The number of anilines is 1. The molecule has 9 nitrogen and oxygen atoms in total. The lowest BCUT2D eigenvalue weighted by Gasteiger charge is -2.18. The van der Waals surface area contributed by atoms with Crippen molar-refractivity contribution in [2.24, 2.45) is 0 Å². The zero-order chi connectivity index (χ0) is 22.3. The van der Waals surface area contributed by atoms with E-state index in [4.69, 9.17) is 9.47 Å². The number of aromatic nitrogens is 5. The molecule has 0 aliphatic heterocycles. The van der Waals surface area contributed by atoms with Crippen molar-refractivity contribution in [2.45, 2.75) is 18.2 Å². The third kappa shape index (κ3) is 5.06. The highest BCUT2D eigenvalue weighted by Gasteiger charge is 2.22. The van der Waals surface area contributed by atoms with Crippen molar-refractivity contribution in [3.63, 3.8) is 0 Å². The van der Waals surface area contributed by atoms with Gasteiger partial charge in [0.15, 0.2) is 28.6 Å². The quantitative estimate of drug-likeness (QED) is 0.368. The van der Waals surface area contributed by atoms with Gasteiger partial charge < -0.3 is 9.47 Å². The van der Waals surface area contributed by atoms with Gasteiger partial charge in [0.1, 0.15) is 5.51 Å². The third-order valence-corrected chi connectivity index (χ3v) is 5.88. The van der Waals surface area contributed by atoms with Gasteiger partial charge in [0.25, 0.3) is 0 Å². The molecule has 2 aromatic carbocycles. The zero-order valence-electron chi connectivity index (χ0n) is 17.3. The Morgan fingerprint density at radius 3 is 2.56 bits per heavy atom. The Labute approximate surface area is 192 Å². The van der Waals surface area contributed by atoms with Crippen molar-refractivity contribution < 1.29 is 14.3 Å². The summed E-state index contributed by atoms with van der Waals surface area (Å²) in [6.07, 6.45) is -0.427. The van der Waals surface area contributed by atoms with Crippen LogP contribution in [0.2, 0.25) is 0 Å². The first-order valence-corrected chi connectivity index (χ1v) is 11.5. The first kappa shape index (κ1) is 21.8. The lowest BCUT2D eigenvalue weighted by Crippen LogP contribution is -2.15. The molecule has 2 aromatic heterocycles. The minimum absolute atomic E-state index is 0.145. The molecule has 1 amide bonds. The maximum absolute atomic E-state index is 12.3. The summed E-state index contributed by atoms with van der Waals surface area (Å²) in [5, 5.41) is 20.0. The number of hydrogen-bond donors (Lipinski definition) is 1. The van der Waals surface area contributed by atoms with Gasteiger partial charge in [-0.25, -0.2) is 0 Å². The van der Waals surface area contributed by atoms with Crippen LogP contribution in [-0.4, -0.2) is 43.7 Å². The highest BCUT2D eigenvalue weighted by atomic mass is 32.2. The van der Waals surface area contributed by atoms with E-state index in [-0.39, 0.29) is 11.7 Å². The normalized spacial score (nSPS) is 11.7. The smallest absolute Gasteiger partial charge is 0.236 e. The summed E-state index contributed by atoms with van der Waals surface area (Å²) in [5.74, 6) is 1.79. The van der Waals surface area contributed by atoms with E-state index in [0.29, 0.717) is 27.6 Å². The van der Waals surface area contributed by atoms with Gasteiger partial charge in [-0.15, -0.1) is 20.4 Å². The molecule has 1 atom stereocenters. The molecule has 0 aliphatic rings. The van der Waals surface area contributed by atoms with E-state index in [1.807, 2.05) is 66.1 Å². The van der Waals surface area contributed by atoms with Gasteiger partial charge in [-0.3, -0.25) is 14.7 Å². The van der Waals surface area contributed by atoms with Crippen molar-refractivity contribution in [2.75, 3.05) is 18.2 Å². The molecule has 0 aliphatic carbocycles. The Bertz CT molecular complexity index is 1170. The summed E-state index contributed by atoms with van der Waals surface area (Å²) in [4.78, 5) is 12.3. The summed E-state index contributed by atoms with van der Waals surface area (Å²) >= 11 is 2.54. The number of para-hydroxylation sites is 3. The first-order chi connectivity index (χ1) is 15.7. The number of hydrogen-bond acceptors (Lipinski definition) is 9. The van der Waals surface area contributed by atoms with Crippen LogP contribution < -0.4 is 14.8 Å². The van der Waals surface area contributed by atoms with Crippen LogP contribution in [0, 0.1) is 0 Å². The number of carbonyl (C=O) groups is 1. The molecule has 11 heteroatoms. The molecule has 0 fully saturated rings. The number of carbonyl (C=O) groups excluding carboxylic acids is 1. The van der Waals surface area contributed by atoms with Crippen LogP contribution in [0.5, 0.6) is 11.5 Å². The lowest BCUT2D eigenvalue weighted by molar-refractivity contribution is -0.113. The number of nitrogens with one attached hydrogen (secondary N) is 1. The molecule has 0 saturated carbocycles. The Morgan fingerprint density at radius 1 is 1.09 bits per heavy atom. The van der Waals surface area contributed by atoms with Crippen LogP contribution >= 0.6 is 23.1 Å². The number of methoxy groups -OCH3 is 1. The van der Waals surface area contributed by atoms with Gasteiger partial charge in [-0.2, -0.15) is 0 Å². The first-order valence-electron chi connectivity index (χ1n) is 9.65. The second-order valence-corrected chi connectivity index (χ2v) is 8.28. The summed E-state index contributed by atoms with van der Waals surface area (Å²) < 4.78 is 13.4. The standard InChI is InChI=1S/C21H20N6O3S2/c1-14(30-17-11-7-6-10-16(17)29-2)19-24-26-21(27(19)15-8-4-3-5-9-15)31-12-18(28)23-20-25-22-13-32-20/h3-11,13-14H,12H2,1-2H3,(H,23,25,28). The van der Waals surface area contributed by atoms with Crippen molar-refractivity contribution in [1.82, 2.24) is 25.0 Å². The van der Waals surface area contributed by atoms with E-state index in [0.717, 1.165) is 5.69 Å². The molecular formula is C21H20N6O3S2. The van der Waals surface area contributed by atoms with E-state index < -0.39 is 6.10 Å². The molecule has 0 radical (unpaired) electrons. The number of thioether (sulfide) groups is 1. The van der Waals surface area contributed by atoms with Crippen LogP contribution in [0.1, 0.15) is 18.9 Å². The largest absolute Gasteiger partial charge is 0.493 e. The average molecular weight is 469 g/mol. The Kier molecular flexibility index (Phi) is 6.97. The van der Waals surface area contributed by atoms with Crippen LogP contribution in [0.25, 0.3) is 5.69 Å². The maximum Gasteiger partial charge on any atom is 0.236 e. The van der Waals surface area contributed by atoms with E-state index in [1.165, 1.54) is 23.1 Å². The average Bonchev–Trinajstić information content (AvgIpc) is 3.48. The second-order valence-electron chi connectivity index (χ2n) is 6.50. The Balaban J connectivity index is 1.57.